The summed E-state index contributed by atoms with van der Waals surface area (Å²) in [5.74, 6) is -0.454. The molecule has 1 heterocycles. The third kappa shape index (κ3) is 4.38. The van der Waals surface area contributed by atoms with E-state index in [2.05, 4.69) is 5.32 Å². The van der Waals surface area contributed by atoms with Gasteiger partial charge in [-0.1, -0.05) is 32.4 Å². The first-order valence-corrected chi connectivity index (χ1v) is 8.15. The Bertz CT molecular complexity index is 610. The molecule has 6 heteroatoms. The summed E-state index contributed by atoms with van der Waals surface area (Å²) in [4.78, 5) is 26.6. The van der Waals surface area contributed by atoms with E-state index in [1.807, 2.05) is 20.8 Å². The lowest BCUT2D eigenvalue weighted by atomic mass is 9.91. The second-order valence-corrected chi connectivity index (χ2v) is 7.43. The third-order valence-electron chi connectivity index (χ3n) is 3.94. The average Bonchev–Trinajstić information content (AvgIpc) is 2.49. The molecule has 1 aliphatic heterocycles. The number of hydrogen-bond donors (Lipinski definition) is 2. The molecular formula is C17H23ClN2O3. The van der Waals surface area contributed by atoms with Crippen molar-refractivity contribution in [2.45, 2.75) is 33.6 Å². The van der Waals surface area contributed by atoms with Crippen LogP contribution in [0.4, 0.5) is 5.69 Å². The molecule has 0 aliphatic carbocycles. The predicted octanol–water partition coefficient (Wildman–Crippen LogP) is 3.27. The second-order valence-electron chi connectivity index (χ2n) is 6.99. The van der Waals surface area contributed by atoms with Crippen molar-refractivity contribution in [2.24, 2.45) is 11.3 Å². The maximum absolute atomic E-state index is 12.4. The van der Waals surface area contributed by atoms with Crippen LogP contribution in [-0.4, -0.2) is 34.9 Å². The molecule has 1 saturated heterocycles. The molecule has 0 aromatic heterocycles. The third-order valence-corrected chi connectivity index (χ3v) is 4.17. The number of carbonyl (C=O) groups is 2. The molecule has 0 spiro atoms. The van der Waals surface area contributed by atoms with Crippen molar-refractivity contribution in [3.8, 4) is 5.75 Å². The largest absolute Gasteiger partial charge is 0.506 e. The Hall–Kier alpha value is -1.75. The normalized spacial score (nSPS) is 18.6. The number of aromatic hydroxyl groups is 1. The monoisotopic (exact) mass is 338 g/mol. The number of likely N-dealkylation sites (tertiary alicyclic amines) is 1. The highest BCUT2D eigenvalue weighted by atomic mass is 35.5. The number of anilines is 1. The molecule has 2 amide bonds. The Morgan fingerprint density at radius 1 is 1.35 bits per heavy atom. The topological polar surface area (TPSA) is 69.6 Å². The number of rotatable bonds is 2. The molecule has 1 atom stereocenters. The number of nitrogens with zero attached hydrogens (tertiary/aromatic N) is 1. The van der Waals surface area contributed by atoms with Crippen LogP contribution < -0.4 is 5.32 Å². The number of amides is 2. The van der Waals surface area contributed by atoms with Crippen LogP contribution in [0.2, 0.25) is 5.02 Å². The summed E-state index contributed by atoms with van der Waals surface area (Å²) in [5.41, 5.74) is -0.161. The van der Waals surface area contributed by atoms with E-state index in [-0.39, 0.29) is 23.5 Å². The van der Waals surface area contributed by atoms with Crippen molar-refractivity contribution in [3.63, 3.8) is 0 Å². The number of phenols is 1. The van der Waals surface area contributed by atoms with E-state index >= 15 is 0 Å². The number of carbonyl (C=O) groups excluding carboxylic acids is 2. The van der Waals surface area contributed by atoms with Gasteiger partial charge in [0, 0.05) is 23.5 Å². The molecule has 1 fully saturated rings. The van der Waals surface area contributed by atoms with Gasteiger partial charge in [0.05, 0.1) is 11.6 Å². The van der Waals surface area contributed by atoms with Crippen LogP contribution in [0.15, 0.2) is 18.2 Å². The summed E-state index contributed by atoms with van der Waals surface area (Å²) in [6, 6.07) is 4.50. The molecule has 0 saturated carbocycles. The number of piperidine rings is 1. The molecule has 0 radical (unpaired) electrons. The molecular weight excluding hydrogens is 316 g/mol. The first-order valence-electron chi connectivity index (χ1n) is 7.77. The highest BCUT2D eigenvalue weighted by molar-refractivity contribution is 6.31. The smallest absolute Gasteiger partial charge is 0.229 e. The van der Waals surface area contributed by atoms with Gasteiger partial charge in [0.1, 0.15) is 5.75 Å². The van der Waals surface area contributed by atoms with Gasteiger partial charge in [-0.15, -0.1) is 0 Å². The number of benzene rings is 1. The maximum Gasteiger partial charge on any atom is 0.229 e. The Morgan fingerprint density at radius 2 is 2.04 bits per heavy atom. The zero-order chi connectivity index (χ0) is 17.2. The van der Waals surface area contributed by atoms with Gasteiger partial charge in [0.15, 0.2) is 0 Å². The van der Waals surface area contributed by atoms with Gasteiger partial charge in [-0.2, -0.15) is 0 Å². The van der Waals surface area contributed by atoms with Gasteiger partial charge in [0.2, 0.25) is 11.8 Å². The van der Waals surface area contributed by atoms with E-state index in [0.717, 1.165) is 12.8 Å². The van der Waals surface area contributed by atoms with Crippen molar-refractivity contribution in [1.82, 2.24) is 4.90 Å². The van der Waals surface area contributed by atoms with E-state index in [1.165, 1.54) is 12.1 Å². The van der Waals surface area contributed by atoms with E-state index in [1.54, 1.807) is 11.0 Å². The van der Waals surface area contributed by atoms with E-state index in [4.69, 9.17) is 11.6 Å². The first kappa shape index (κ1) is 17.6. The summed E-state index contributed by atoms with van der Waals surface area (Å²) in [7, 11) is 0. The van der Waals surface area contributed by atoms with Crippen LogP contribution >= 0.6 is 11.6 Å². The lowest BCUT2D eigenvalue weighted by Gasteiger charge is -2.35. The molecule has 1 aromatic rings. The molecule has 1 aromatic carbocycles. The van der Waals surface area contributed by atoms with E-state index in [0.29, 0.717) is 23.8 Å². The van der Waals surface area contributed by atoms with Gasteiger partial charge in [0.25, 0.3) is 0 Å². The van der Waals surface area contributed by atoms with Crippen LogP contribution in [0, 0.1) is 11.3 Å². The fraction of sp³-hybridized carbons (Fsp3) is 0.529. The molecule has 2 N–H and O–H groups in total. The van der Waals surface area contributed by atoms with Gasteiger partial charge in [-0.05, 0) is 31.0 Å². The minimum absolute atomic E-state index is 0.0267. The minimum Gasteiger partial charge on any atom is -0.506 e. The van der Waals surface area contributed by atoms with Crippen molar-refractivity contribution >= 4 is 29.1 Å². The van der Waals surface area contributed by atoms with Crippen LogP contribution in [0.1, 0.15) is 33.6 Å². The highest BCUT2D eigenvalue weighted by Gasteiger charge is 2.33. The highest BCUT2D eigenvalue weighted by Crippen LogP contribution is 2.29. The van der Waals surface area contributed by atoms with Crippen LogP contribution in [-0.2, 0) is 9.59 Å². The zero-order valence-corrected chi connectivity index (χ0v) is 14.5. The minimum atomic E-state index is -0.455. The van der Waals surface area contributed by atoms with Crippen LogP contribution in [0.5, 0.6) is 5.75 Å². The standard InChI is InChI=1S/C17H23ClN2O3/c1-17(2,3)16(23)20-8-4-5-11(10-20)15(22)19-13-9-12(18)6-7-14(13)21/h6-7,9,11,21H,4-5,8,10H2,1-3H3,(H,19,22). The summed E-state index contributed by atoms with van der Waals surface area (Å²) in [6.07, 6.45) is 1.52. The number of nitrogens with one attached hydrogen (secondary N) is 1. The lowest BCUT2D eigenvalue weighted by Crippen LogP contribution is -2.47. The van der Waals surface area contributed by atoms with Gasteiger partial charge < -0.3 is 15.3 Å². The zero-order valence-electron chi connectivity index (χ0n) is 13.7. The van der Waals surface area contributed by atoms with Gasteiger partial charge in [-0.3, -0.25) is 9.59 Å². The Kier molecular flexibility index (Phi) is 5.19. The fourth-order valence-electron chi connectivity index (χ4n) is 2.69. The molecule has 1 aliphatic rings. The number of halogens is 1. The van der Waals surface area contributed by atoms with Crippen LogP contribution in [0.25, 0.3) is 0 Å². The molecule has 1 unspecified atom stereocenters. The van der Waals surface area contributed by atoms with Crippen molar-refractivity contribution < 1.29 is 14.7 Å². The number of phenolic OH excluding ortho intramolecular Hbond substituents is 1. The van der Waals surface area contributed by atoms with E-state index < -0.39 is 5.41 Å². The quantitative estimate of drug-likeness (QED) is 0.813. The predicted molar refractivity (Wildman–Crippen MR) is 90.5 cm³/mol. The Balaban J connectivity index is 2.05. The molecule has 126 valence electrons. The molecule has 23 heavy (non-hydrogen) atoms. The van der Waals surface area contributed by atoms with Gasteiger partial charge in [-0.25, -0.2) is 0 Å². The van der Waals surface area contributed by atoms with Crippen molar-refractivity contribution in [1.29, 1.82) is 0 Å². The molecule has 5 nitrogen and oxygen atoms in total. The summed E-state index contributed by atoms with van der Waals surface area (Å²) in [6.45, 7) is 6.72. The number of hydrogen-bond acceptors (Lipinski definition) is 3. The summed E-state index contributed by atoms with van der Waals surface area (Å²) >= 11 is 5.89. The van der Waals surface area contributed by atoms with Crippen LogP contribution in [0.3, 0.4) is 0 Å². The fourth-order valence-corrected chi connectivity index (χ4v) is 2.87. The van der Waals surface area contributed by atoms with Gasteiger partial charge >= 0.3 is 0 Å². The summed E-state index contributed by atoms with van der Waals surface area (Å²) < 4.78 is 0. The van der Waals surface area contributed by atoms with Crippen molar-refractivity contribution in [3.05, 3.63) is 23.2 Å². The average molecular weight is 339 g/mol. The second kappa shape index (κ2) is 6.79. The SMILES string of the molecule is CC(C)(C)C(=O)N1CCCC(C(=O)Nc2cc(Cl)ccc2O)C1. The van der Waals surface area contributed by atoms with E-state index in [9.17, 15) is 14.7 Å². The van der Waals surface area contributed by atoms with Crippen molar-refractivity contribution in [2.75, 3.05) is 18.4 Å². The molecule has 0 bridgehead atoms. The Labute approximate surface area is 141 Å². The molecule has 2 rings (SSSR count). The summed E-state index contributed by atoms with van der Waals surface area (Å²) in [5, 5.41) is 12.9. The first-order chi connectivity index (χ1) is 10.7. The lowest BCUT2D eigenvalue weighted by molar-refractivity contribution is -0.142. The Morgan fingerprint density at radius 3 is 2.70 bits per heavy atom. The maximum atomic E-state index is 12.4.